The van der Waals surface area contributed by atoms with Gasteiger partial charge in [0.1, 0.15) is 0 Å². The Morgan fingerprint density at radius 3 is 2.50 bits per heavy atom. The summed E-state index contributed by atoms with van der Waals surface area (Å²) in [7, 11) is 0. The number of rotatable bonds is 7. The summed E-state index contributed by atoms with van der Waals surface area (Å²) in [6.07, 6.45) is 1.34. The summed E-state index contributed by atoms with van der Waals surface area (Å²) in [4.78, 5) is 38.3. The topological polar surface area (TPSA) is 115 Å². The molecule has 13 heteroatoms. The largest absolute Gasteiger partial charge is 0.454 e. The fourth-order valence-electron chi connectivity index (χ4n) is 3.79. The van der Waals surface area contributed by atoms with Crippen molar-refractivity contribution in [3.63, 3.8) is 0 Å². The Bertz CT molecular complexity index is 1770. The number of halogens is 4. The second-order valence-corrected chi connectivity index (χ2v) is 11.2. The van der Waals surface area contributed by atoms with Crippen LogP contribution in [0.1, 0.15) is 36.6 Å². The minimum Gasteiger partial charge on any atom is -0.454 e. The van der Waals surface area contributed by atoms with E-state index < -0.39 is 17.8 Å². The number of hydrogen-bond donors (Lipinski definition) is 2. The molecule has 0 saturated carbocycles. The maximum Gasteiger partial charge on any atom is 0.343 e. The lowest BCUT2D eigenvalue weighted by molar-refractivity contribution is 0.0732. The normalized spacial score (nSPS) is 11.8. The molecule has 0 unspecified atom stereocenters. The number of amides is 2. The third-order valence-corrected chi connectivity index (χ3v) is 7.36. The molecule has 0 bridgehead atoms. The van der Waals surface area contributed by atoms with Gasteiger partial charge in [-0.25, -0.2) is 10.2 Å². The molecule has 0 fully saturated rings. The molecular formula is C29H17Br2Cl2N3O6. The summed E-state index contributed by atoms with van der Waals surface area (Å²) in [5, 5.41) is 7.34. The molecule has 0 radical (unpaired) electrons. The number of fused-ring (bicyclic) bond motifs is 1. The lowest BCUT2D eigenvalue weighted by atomic mass is 10.1. The van der Waals surface area contributed by atoms with Gasteiger partial charge in [0.05, 0.1) is 26.8 Å². The van der Waals surface area contributed by atoms with Crippen molar-refractivity contribution >= 4 is 84.7 Å². The molecule has 0 saturated heterocycles. The maximum absolute atomic E-state index is 12.9. The molecule has 2 N–H and O–H groups in total. The smallest absolute Gasteiger partial charge is 0.343 e. The molecule has 0 atom stereocenters. The SMILES string of the molecule is O=C(NN=Cc1cc(Br)cc(Br)c1OC(=O)c1ccc2c(c1)OCO2)c1cccc(NC(=O)c2ccc(Cl)cc2Cl)c1. The monoisotopic (exact) mass is 731 g/mol. The average molecular weight is 734 g/mol. The Hall–Kier alpha value is -3.90. The zero-order valence-corrected chi connectivity index (χ0v) is 25.8. The number of esters is 1. The first kappa shape index (κ1) is 29.6. The highest BCUT2D eigenvalue weighted by atomic mass is 79.9. The van der Waals surface area contributed by atoms with E-state index in [-0.39, 0.29) is 34.3 Å². The summed E-state index contributed by atoms with van der Waals surface area (Å²) in [6.45, 7) is 0.0790. The minimum absolute atomic E-state index is 0.0790. The van der Waals surface area contributed by atoms with Gasteiger partial charge in [0.25, 0.3) is 11.8 Å². The molecule has 1 heterocycles. The number of hydrazone groups is 1. The molecule has 5 rings (SSSR count). The van der Waals surface area contributed by atoms with Crippen LogP contribution in [0.25, 0.3) is 0 Å². The molecule has 0 aliphatic carbocycles. The van der Waals surface area contributed by atoms with Crippen LogP contribution in [0.5, 0.6) is 17.2 Å². The van der Waals surface area contributed by atoms with Crippen LogP contribution in [-0.4, -0.2) is 30.8 Å². The van der Waals surface area contributed by atoms with Crippen molar-refractivity contribution in [3.8, 4) is 17.2 Å². The summed E-state index contributed by atoms with van der Waals surface area (Å²) in [6, 6.07) is 18.9. The molecule has 2 amide bonds. The first-order valence-corrected chi connectivity index (χ1v) is 14.3. The maximum atomic E-state index is 12.9. The van der Waals surface area contributed by atoms with E-state index in [2.05, 4.69) is 47.7 Å². The van der Waals surface area contributed by atoms with Gasteiger partial charge in [-0.2, -0.15) is 5.10 Å². The van der Waals surface area contributed by atoms with Crippen molar-refractivity contribution in [2.45, 2.75) is 0 Å². The highest BCUT2D eigenvalue weighted by Crippen LogP contribution is 2.35. The van der Waals surface area contributed by atoms with Gasteiger partial charge in [0.2, 0.25) is 6.79 Å². The molecule has 1 aliphatic rings. The van der Waals surface area contributed by atoms with Crippen molar-refractivity contribution in [1.82, 2.24) is 5.43 Å². The van der Waals surface area contributed by atoms with Gasteiger partial charge in [-0.15, -0.1) is 0 Å². The predicted octanol–water partition coefficient (Wildman–Crippen LogP) is 7.48. The Kier molecular flexibility index (Phi) is 9.12. The lowest BCUT2D eigenvalue weighted by Crippen LogP contribution is -2.18. The molecule has 0 aromatic heterocycles. The zero-order chi connectivity index (χ0) is 29.8. The lowest BCUT2D eigenvalue weighted by Gasteiger charge is -2.11. The summed E-state index contributed by atoms with van der Waals surface area (Å²) >= 11 is 18.8. The van der Waals surface area contributed by atoms with E-state index in [9.17, 15) is 14.4 Å². The fraction of sp³-hybridized carbons (Fsp3) is 0.0345. The van der Waals surface area contributed by atoms with Crippen LogP contribution in [-0.2, 0) is 0 Å². The third kappa shape index (κ3) is 6.93. The van der Waals surface area contributed by atoms with Crippen molar-refractivity contribution < 1.29 is 28.6 Å². The van der Waals surface area contributed by atoms with E-state index in [0.717, 1.165) is 0 Å². The number of carbonyl (C=O) groups is 3. The van der Waals surface area contributed by atoms with Crippen molar-refractivity contribution in [2.24, 2.45) is 5.10 Å². The van der Waals surface area contributed by atoms with Crippen LogP contribution in [0.3, 0.4) is 0 Å². The number of carbonyl (C=O) groups excluding carboxylic acids is 3. The van der Waals surface area contributed by atoms with Crippen molar-refractivity contribution in [3.05, 3.63) is 114 Å². The number of ether oxygens (including phenoxy) is 3. The van der Waals surface area contributed by atoms with Crippen molar-refractivity contribution in [1.29, 1.82) is 0 Å². The van der Waals surface area contributed by atoms with E-state index in [0.29, 0.717) is 36.7 Å². The average Bonchev–Trinajstić information content (AvgIpc) is 3.43. The third-order valence-electron chi connectivity index (χ3n) is 5.77. The Morgan fingerprint density at radius 1 is 0.881 bits per heavy atom. The Labute approximate surface area is 266 Å². The van der Waals surface area contributed by atoms with Crippen LogP contribution >= 0.6 is 55.1 Å². The van der Waals surface area contributed by atoms with Gasteiger partial charge in [-0.3, -0.25) is 9.59 Å². The summed E-state index contributed by atoms with van der Waals surface area (Å²) in [5.41, 5.74) is 3.93. The van der Waals surface area contributed by atoms with E-state index in [1.54, 1.807) is 48.5 Å². The number of hydrogen-bond acceptors (Lipinski definition) is 7. The Morgan fingerprint density at radius 2 is 1.69 bits per heavy atom. The fourth-order valence-corrected chi connectivity index (χ4v) is 5.63. The summed E-state index contributed by atoms with van der Waals surface area (Å²) < 4.78 is 17.4. The van der Waals surface area contributed by atoms with Crippen LogP contribution in [0, 0.1) is 0 Å². The second kappa shape index (κ2) is 13.0. The van der Waals surface area contributed by atoms with E-state index in [4.69, 9.17) is 37.4 Å². The van der Waals surface area contributed by atoms with Crippen LogP contribution in [0.2, 0.25) is 10.0 Å². The highest BCUT2D eigenvalue weighted by molar-refractivity contribution is 9.11. The zero-order valence-electron chi connectivity index (χ0n) is 21.1. The molecule has 212 valence electrons. The molecule has 0 spiro atoms. The number of anilines is 1. The highest BCUT2D eigenvalue weighted by Gasteiger charge is 2.20. The Balaban J connectivity index is 1.28. The number of nitrogens with zero attached hydrogens (tertiary/aromatic N) is 1. The van der Waals surface area contributed by atoms with Crippen LogP contribution in [0.4, 0.5) is 5.69 Å². The van der Waals surface area contributed by atoms with Gasteiger partial charge in [-0.1, -0.05) is 45.2 Å². The quantitative estimate of drug-likeness (QED) is 0.0881. The van der Waals surface area contributed by atoms with Gasteiger partial charge < -0.3 is 19.5 Å². The minimum atomic E-state index is -0.631. The van der Waals surface area contributed by atoms with Gasteiger partial charge in [0.15, 0.2) is 17.2 Å². The van der Waals surface area contributed by atoms with Gasteiger partial charge in [0, 0.05) is 26.3 Å². The molecule has 4 aromatic rings. The first-order chi connectivity index (χ1) is 20.2. The molecule has 4 aromatic carbocycles. The van der Waals surface area contributed by atoms with Crippen LogP contribution in [0.15, 0.2) is 86.8 Å². The molecular weight excluding hydrogens is 717 g/mol. The van der Waals surface area contributed by atoms with E-state index in [1.165, 1.54) is 30.5 Å². The van der Waals surface area contributed by atoms with Gasteiger partial charge in [-0.05, 0) is 82.7 Å². The standard InChI is InChI=1S/C29H17Br2Cl2N3O6/c30-18-8-17(26(22(31)11-18)42-29(39)16-4-7-24-25(10-16)41-14-40-24)13-34-36-27(37)15-2-1-3-20(9-15)35-28(38)21-6-5-19(32)12-23(21)33/h1-13H,14H2,(H,35,38)(H,36,37). The molecule has 42 heavy (non-hydrogen) atoms. The molecule has 1 aliphatic heterocycles. The second-order valence-electron chi connectivity index (χ2n) is 8.62. The van der Waals surface area contributed by atoms with E-state index >= 15 is 0 Å². The number of benzene rings is 4. The van der Waals surface area contributed by atoms with Crippen LogP contribution < -0.4 is 25.0 Å². The van der Waals surface area contributed by atoms with Crippen molar-refractivity contribution in [2.75, 3.05) is 12.1 Å². The summed E-state index contributed by atoms with van der Waals surface area (Å²) in [5.74, 6) is -0.464. The van der Waals surface area contributed by atoms with E-state index in [1.807, 2.05) is 0 Å². The van der Waals surface area contributed by atoms with Gasteiger partial charge >= 0.3 is 5.97 Å². The predicted molar refractivity (Wildman–Crippen MR) is 165 cm³/mol. The number of nitrogens with one attached hydrogen (secondary N) is 2. The molecule has 9 nitrogen and oxygen atoms in total. The first-order valence-electron chi connectivity index (χ1n) is 12.0.